The van der Waals surface area contributed by atoms with Crippen molar-refractivity contribution in [2.75, 3.05) is 18.6 Å². The lowest BCUT2D eigenvalue weighted by molar-refractivity contribution is -0.122. The summed E-state index contributed by atoms with van der Waals surface area (Å²) < 4.78 is 19.6. The summed E-state index contributed by atoms with van der Waals surface area (Å²) in [5, 5.41) is 1.02. The number of nitrogens with zero attached hydrogens (tertiary/aromatic N) is 3. The molecule has 0 spiro atoms. The zero-order valence-corrected chi connectivity index (χ0v) is 15.5. The van der Waals surface area contributed by atoms with Gasteiger partial charge in [-0.15, -0.1) is 0 Å². The number of pyridine rings is 1. The van der Waals surface area contributed by atoms with Crippen molar-refractivity contribution in [3.05, 3.63) is 66.1 Å². The van der Waals surface area contributed by atoms with E-state index in [0.717, 1.165) is 35.3 Å². The number of para-hydroxylation sites is 2. The maximum absolute atomic E-state index is 14.2. The van der Waals surface area contributed by atoms with Crippen molar-refractivity contribution in [2.45, 2.75) is 25.0 Å². The summed E-state index contributed by atoms with van der Waals surface area (Å²) in [7, 11) is 1.64. The number of likely N-dealkylation sites (tertiary alicyclic amines) is 1. The molecule has 5 rings (SSSR count). The Balaban J connectivity index is 1.39. The topological polar surface area (TPSA) is 45.7 Å². The number of fused-ring (bicyclic) bond motifs is 3. The van der Waals surface area contributed by atoms with Crippen LogP contribution in [0.15, 0.2) is 54.6 Å². The minimum absolute atomic E-state index is 0.00407. The average Bonchev–Trinajstić information content (AvgIpc) is 3.25. The first-order valence-corrected chi connectivity index (χ1v) is 9.40. The van der Waals surface area contributed by atoms with Gasteiger partial charge in [-0.3, -0.25) is 9.69 Å². The van der Waals surface area contributed by atoms with E-state index in [4.69, 9.17) is 9.72 Å². The summed E-state index contributed by atoms with van der Waals surface area (Å²) >= 11 is 0. The molecular formula is C22H20FN3O2. The van der Waals surface area contributed by atoms with Gasteiger partial charge in [-0.25, -0.2) is 9.37 Å². The van der Waals surface area contributed by atoms with Crippen LogP contribution in [0.2, 0.25) is 0 Å². The number of rotatable bonds is 4. The van der Waals surface area contributed by atoms with Crippen LogP contribution in [-0.4, -0.2) is 41.5 Å². The number of aromatic nitrogens is 1. The maximum atomic E-state index is 14.2. The fourth-order valence-electron chi connectivity index (χ4n) is 4.42. The second-order valence-corrected chi connectivity index (χ2v) is 7.33. The van der Waals surface area contributed by atoms with Crippen LogP contribution in [-0.2, 0) is 11.3 Å². The van der Waals surface area contributed by atoms with Crippen LogP contribution >= 0.6 is 0 Å². The quantitative estimate of drug-likeness (QED) is 0.699. The molecule has 1 aromatic heterocycles. The van der Waals surface area contributed by atoms with E-state index in [1.54, 1.807) is 30.2 Å². The molecule has 2 bridgehead atoms. The standard InChI is InChI=1S/C22H20FN3O2/c1-28-20-8-4-5-14-9-10-15(24-21(14)20)12-25-13-16-11-19(25)22(27)26(16)18-7-3-2-6-17(18)23/h2-10,16,19H,11-13H2,1H3/t16-,19-/m0/s1. The van der Waals surface area contributed by atoms with Gasteiger partial charge in [0.25, 0.3) is 0 Å². The molecule has 2 aromatic carbocycles. The number of ether oxygens (including phenoxy) is 1. The molecule has 0 saturated carbocycles. The third-order valence-electron chi connectivity index (χ3n) is 5.71. The first-order chi connectivity index (χ1) is 13.7. The molecular weight excluding hydrogens is 357 g/mol. The highest BCUT2D eigenvalue weighted by Gasteiger charge is 2.50. The van der Waals surface area contributed by atoms with Crippen LogP contribution < -0.4 is 9.64 Å². The Labute approximate surface area is 162 Å². The van der Waals surface area contributed by atoms with Gasteiger partial charge in [-0.05, 0) is 30.7 Å². The van der Waals surface area contributed by atoms with Gasteiger partial charge >= 0.3 is 0 Å². The molecule has 0 aliphatic carbocycles. The first kappa shape index (κ1) is 17.1. The Hall–Kier alpha value is -2.99. The van der Waals surface area contributed by atoms with Gasteiger partial charge in [0.05, 0.1) is 30.6 Å². The monoisotopic (exact) mass is 377 g/mol. The molecule has 2 aliphatic heterocycles. The highest BCUT2D eigenvalue weighted by atomic mass is 19.1. The van der Waals surface area contributed by atoms with Crippen molar-refractivity contribution in [1.29, 1.82) is 0 Å². The molecule has 142 valence electrons. The van der Waals surface area contributed by atoms with E-state index in [1.807, 2.05) is 30.3 Å². The predicted octanol–water partition coefficient (Wildman–Crippen LogP) is 3.37. The zero-order valence-electron chi connectivity index (χ0n) is 15.5. The molecule has 2 saturated heterocycles. The summed E-state index contributed by atoms with van der Waals surface area (Å²) in [4.78, 5) is 21.4. The van der Waals surface area contributed by atoms with E-state index >= 15 is 0 Å². The maximum Gasteiger partial charge on any atom is 0.244 e. The van der Waals surface area contributed by atoms with E-state index in [9.17, 15) is 9.18 Å². The molecule has 6 heteroatoms. The Morgan fingerprint density at radius 2 is 2.00 bits per heavy atom. The number of carbonyl (C=O) groups is 1. The lowest BCUT2D eigenvalue weighted by Gasteiger charge is -2.33. The Morgan fingerprint density at radius 3 is 2.79 bits per heavy atom. The summed E-state index contributed by atoms with van der Waals surface area (Å²) in [5.74, 6) is 0.363. The van der Waals surface area contributed by atoms with Crippen molar-refractivity contribution in [3.8, 4) is 5.75 Å². The lowest BCUT2D eigenvalue weighted by atomic mass is 10.1. The molecule has 2 atom stereocenters. The Kier molecular flexibility index (Phi) is 4.02. The third kappa shape index (κ3) is 2.64. The first-order valence-electron chi connectivity index (χ1n) is 9.40. The molecule has 3 aromatic rings. The average molecular weight is 377 g/mol. The summed E-state index contributed by atoms with van der Waals surface area (Å²) in [5.41, 5.74) is 2.11. The number of anilines is 1. The number of amides is 1. The third-order valence-corrected chi connectivity index (χ3v) is 5.71. The molecule has 0 unspecified atom stereocenters. The van der Waals surface area contributed by atoms with Crippen LogP contribution in [0.5, 0.6) is 5.75 Å². The van der Waals surface area contributed by atoms with Gasteiger partial charge in [0.2, 0.25) is 5.91 Å². The summed E-state index contributed by atoms with van der Waals surface area (Å²) in [6, 6.07) is 16.1. The molecule has 28 heavy (non-hydrogen) atoms. The van der Waals surface area contributed by atoms with Crippen molar-refractivity contribution >= 4 is 22.5 Å². The number of piperazine rings is 1. The molecule has 2 fully saturated rings. The highest BCUT2D eigenvalue weighted by Crippen LogP contribution is 2.37. The zero-order chi connectivity index (χ0) is 19.3. The van der Waals surface area contributed by atoms with Gasteiger partial charge in [0.1, 0.15) is 17.1 Å². The van der Waals surface area contributed by atoms with Crippen LogP contribution in [0, 0.1) is 5.82 Å². The van der Waals surface area contributed by atoms with Gasteiger partial charge < -0.3 is 9.64 Å². The fraction of sp³-hybridized carbons (Fsp3) is 0.273. The van der Waals surface area contributed by atoms with Crippen molar-refractivity contribution in [2.24, 2.45) is 0 Å². The van der Waals surface area contributed by atoms with Gasteiger partial charge in [-0.1, -0.05) is 30.3 Å². The van der Waals surface area contributed by atoms with E-state index in [-0.39, 0.29) is 23.8 Å². The SMILES string of the molecule is COc1cccc2ccc(CN3C[C@@H]4C[C@H]3C(=O)N4c3ccccc3F)nc12. The number of methoxy groups -OCH3 is 1. The van der Waals surface area contributed by atoms with E-state index in [2.05, 4.69) is 4.90 Å². The largest absolute Gasteiger partial charge is 0.494 e. The Bertz CT molecular complexity index is 1070. The van der Waals surface area contributed by atoms with Crippen molar-refractivity contribution in [3.63, 3.8) is 0 Å². The molecule has 1 amide bonds. The molecule has 3 heterocycles. The van der Waals surface area contributed by atoms with E-state index in [0.29, 0.717) is 12.2 Å². The highest BCUT2D eigenvalue weighted by molar-refractivity contribution is 6.01. The van der Waals surface area contributed by atoms with Crippen LogP contribution in [0.1, 0.15) is 12.1 Å². The normalized spacial score (nSPS) is 21.6. The van der Waals surface area contributed by atoms with Crippen molar-refractivity contribution in [1.82, 2.24) is 9.88 Å². The van der Waals surface area contributed by atoms with E-state index in [1.165, 1.54) is 6.07 Å². The van der Waals surface area contributed by atoms with E-state index < -0.39 is 0 Å². The number of benzene rings is 2. The van der Waals surface area contributed by atoms with Crippen LogP contribution in [0.3, 0.4) is 0 Å². The van der Waals surface area contributed by atoms with Crippen LogP contribution in [0.4, 0.5) is 10.1 Å². The number of carbonyl (C=O) groups excluding carboxylic acids is 1. The van der Waals surface area contributed by atoms with Crippen molar-refractivity contribution < 1.29 is 13.9 Å². The second kappa shape index (κ2) is 6.56. The van der Waals surface area contributed by atoms with Gasteiger partial charge in [0, 0.05) is 18.5 Å². The summed E-state index contributed by atoms with van der Waals surface area (Å²) in [6.45, 7) is 1.31. The Morgan fingerprint density at radius 1 is 1.14 bits per heavy atom. The minimum Gasteiger partial charge on any atom is -0.494 e. The molecule has 0 N–H and O–H groups in total. The lowest BCUT2D eigenvalue weighted by Crippen LogP contribution is -2.50. The molecule has 0 radical (unpaired) electrons. The smallest absolute Gasteiger partial charge is 0.244 e. The van der Waals surface area contributed by atoms with Gasteiger partial charge in [0.15, 0.2) is 0 Å². The second-order valence-electron chi connectivity index (χ2n) is 7.33. The van der Waals surface area contributed by atoms with Crippen LogP contribution in [0.25, 0.3) is 10.9 Å². The van der Waals surface area contributed by atoms with Gasteiger partial charge in [-0.2, -0.15) is 0 Å². The molecule has 2 aliphatic rings. The fourth-order valence-corrected chi connectivity index (χ4v) is 4.42. The molecule has 5 nitrogen and oxygen atoms in total. The number of hydrogen-bond donors (Lipinski definition) is 0. The summed E-state index contributed by atoms with van der Waals surface area (Å²) in [6.07, 6.45) is 0.726. The number of halogens is 1. The predicted molar refractivity (Wildman–Crippen MR) is 105 cm³/mol. The minimum atomic E-state index is -0.349. The number of hydrogen-bond acceptors (Lipinski definition) is 4.